The number of hydrogen-bond acceptors (Lipinski definition) is 8. The predicted octanol–water partition coefficient (Wildman–Crippen LogP) is 4.06. The molecule has 4 heterocycles. The summed E-state index contributed by atoms with van der Waals surface area (Å²) in [6.45, 7) is 0. The van der Waals surface area contributed by atoms with Crippen LogP contribution in [0.1, 0.15) is 12.2 Å². The minimum absolute atomic E-state index is 0.229. The molecule has 31 heavy (non-hydrogen) atoms. The summed E-state index contributed by atoms with van der Waals surface area (Å²) in [4.78, 5) is 0. The normalized spacial score (nSPS) is 11.5. The Morgan fingerprint density at radius 1 is 1.00 bits per heavy atom. The fourth-order valence-corrected chi connectivity index (χ4v) is 3.75. The number of ether oxygens (including phenoxy) is 1. The minimum Gasteiger partial charge on any atom is -0.497 e. The number of furan rings is 1. The van der Waals surface area contributed by atoms with Crippen molar-refractivity contribution in [1.82, 2.24) is 34.6 Å². The molecule has 0 N–H and O–H groups in total. The minimum atomic E-state index is -2.80. The van der Waals surface area contributed by atoms with Gasteiger partial charge in [0.15, 0.2) is 11.4 Å². The van der Waals surface area contributed by atoms with E-state index in [0.717, 1.165) is 22.0 Å². The lowest BCUT2D eigenvalue weighted by Gasteiger charge is -2.10. The molecule has 0 saturated heterocycles. The van der Waals surface area contributed by atoms with Crippen LogP contribution in [0.5, 0.6) is 5.75 Å². The van der Waals surface area contributed by atoms with Crippen LogP contribution in [0.3, 0.4) is 0 Å². The molecule has 0 aliphatic heterocycles. The highest BCUT2D eigenvalue weighted by atomic mass is 32.2. The van der Waals surface area contributed by atoms with E-state index >= 15 is 0 Å². The van der Waals surface area contributed by atoms with Crippen molar-refractivity contribution in [2.24, 2.45) is 0 Å². The van der Waals surface area contributed by atoms with Crippen molar-refractivity contribution in [1.29, 1.82) is 0 Å². The van der Waals surface area contributed by atoms with E-state index in [1.165, 1.54) is 0 Å². The van der Waals surface area contributed by atoms with E-state index in [1.54, 1.807) is 42.2 Å². The van der Waals surface area contributed by atoms with Gasteiger partial charge in [0.2, 0.25) is 16.8 Å². The van der Waals surface area contributed by atoms with Gasteiger partial charge in [-0.3, -0.25) is 4.57 Å². The molecule has 4 aromatic heterocycles. The largest absolute Gasteiger partial charge is 0.497 e. The van der Waals surface area contributed by atoms with Crippen LogP contribution in [0.2, 0.25) is 0 Å². The fourth-order valence-electron chi connectivity index (χ4n) is 2.94. The summed E-state index contributed by atoms with van der Waals surface area (Å²) >= 11 is 1.16. The van der Waals surface area contributed by atoms with Gasteiger partial charge in [0, 0.05) is 0 Å². The van der Waals surface area contributed by atoms with Gasteiger partial charge in [-0.15, -0.1) is 20.4 Å². The van der Waals surface area contributed by atoms with Crippen molar-refractivity contribution in [3.8, 4) is 23.0 Å². The first-order chi connectivity index (χ1) is 15.1. The Kier molecular flexibility index (Phi) is 4.82. The third-order valence-electron chi connectivity index (χ3n) is 4.36. The van der Waals surface area contributed by atoms with Gasteiger partial charge in [-0.25, -0.2) is 8.78 Å². The Labute approximate surface area is 177 Å². The SMILES string of the molecule is COc1ccc(-n2c(Sc3ccc4nnc(C(F)F)n4n3)nnc2-c2ccco2)cc1. The molecular formula is C19H13F2N7O2S. The summed E-state index contributed by atoms with van der Waals surface area (Å²) in [5.74, 6) is 1.18. The first kappa shape index (κ1) is 19.2. The van der Waals surface area contributed by atoms with Crippen molar-refractivity contribution < 1.29 is 17.9 Å². The summed E-state index contributed by atoms with van der Waals surface area (Å²) in [6.07, 6.45) is -1.25. The molecule has 0 amide bonds. The van der Waals surface area contributed by atoms with Crippen LogP contribution in [-0.4, -0.2) is 41.7 Å². The van der Waals surface area contributed by atoms with Crippen LogP contribution in [-0.2, 0) is 0 Å². The van der Waals surface area contributed by atoms with E-state index in [2.05, 4.69) is 25.5 Å². The van der Waals surface area contributed by atoms with Crippen LogP contribution in [0.4, 0.5) is 8.78 Å². The van der Waals surface area contributed by atoms with Gasteiger partial charge in [-0.2, -0.15) is 9.61 Å². The zero-order valence-corrected chi connectivity index (χ0v) is 16.7. The smallest absolute Gasteiger partial charge is 0.299 e. The number of halogens is 2. The van der Waals surface area contributed by atoms with Crippen molar-refractivity contribution in [2.45, 2.75) is 16.6 Å². The number of benzene rings is 1. The maximum absolute atomic E-state index is 13.2. The second-order valence-electron chi connectivity index (χ2n) is 6.22. The van der Waals surface area contributed by atoms with Gasteiger partial charge < -0.3 is 9.15 Å². The molecule has 0 atom stereocenters. The number of alkyl halides is 2. The number of hydrogen-bond donors (Lipinski definition) is 0. The molecule has 5 aromatic rings. The van der Waals surface area contributed by atoms with Crippen molar-refractivity contribution in [2.75, 3.05) is 7.11 Å². The Morgan fingerprint density at radius 2 is 1.84 bits per heavy atom. The number of rotatable bonds is 6. The molecule has 12 heteroatoms. The topological polar surface area (TPSA) is 96.2 Å². The zero-order chi connectivity index (χ0) is 21.4. The average molecular weight is 441 g/mol. The van der Waals surface area contributed by atoms with Crippen molar-refractivity contribution in [3.05, 3.63) is 60.6 Å². The lowest BCUT2D eigenvalue weighted by Crippen LogP contribution is -2.02. The van der Waals surface area contributed by atoms with E-state index in [9.17, 15) is 8.78 Å². The Balaban J connectivity index is 1.59. The molecule has 0 aliphatic carbocycles. The fraction of sp³-hybridized carbons (Fsp3) is 0.105. The molecule has 0 bridgehead atoms. The molecule has 9 nitrogen and oxygen atoms in total. The summed E-state index contributed by atoms with van der Waals surface area (Å²) in [7, 11) is 1.59. The molecule has 0 unspecified atom stereocenters. The highest BCUT2D eigenvalue weighted by molar-refractivity contribution is 7.99. The van der Waals surface area contributed by atoms with Crippen LogP contribution < -0.4 is 4.74 Å². The Morgan fingerprint density at radius 3 is 2.55 bits per heavy atom. The summed E-state index contributed by atoms with van der Waals surface area (Å²) in [5, 5.41) is 20.9. The predicted molar refractivity (Wildman–Crippen MR) is 105 cm³/mol. The first-order valence-corrected chi connectivity index (χ1v) is 9.78. The first-order valence-electron chi connectivity index (χ1n) is 8.96. The number of fused-ring (bicyclic) bond motifs is 1. The monoisotopic (exact) mass is 441 g/mol. The second-order valence-corrected chi connectivity index (χ2v) is 7.21. The molecule has 1 aromatic carbocycles. The van der Waals surface area contributed by atoms with Gasteiger partial charge in [-0.05, 0) is 60.3 Å². The van der Waals surface area contributed by atoms with E-state index < -0.39 is 12.2 Å². The second kappa shape index (κ2) is 7.80. The number of aromatic nitrogens is 7. The van der Waals surface area contributed by atoms with E-state index in [-0.39, 0.29) is 5.65 Å². The number of nitrogens with zero attached hydrogens (tertiary/aromatic N) is 7. The van der Waals surface area contributed by atoms with E-state index in [0.29, 0.717) is 27.5 Å². The van der Waals surface area contributed by atoms with Crippen LogP contribution >= 0.6 is 11.8 Å². The molecule has 156 valence electrons. The van der Waals surface area contributed by atoms with Gasteiger partial charge in [0.25, 0.3) is 6.43 Å². The third-order valence-corrected chi connectivity index (χ3v) is 5.23. The standard InChI is InChI=1S/C19H13F2N7O2S/c1-29-12-6-4-11(5-7-12)27-17(13-3-2-10-30-13)23-25-19(27)31-15-9-8-14-22-24-18(16(20)21)28(14)26-15/h2-10,16H,1H3. The average Bonchev–Trinajstić information content (AvgIpc) is 3.53. The zero-order valence-electron chi connectivity index (χ0n) is 15.9. The highest BCUT2D eigenvalue weighted by Crippen LogP contribution is 2.32. The lowest BCUT2D eigenvalue weighted by molar-refractivity contribution is 0.137. The van der Waals surface area contributed by atoms with E-state index in [1.807, 2.05) is 24.3 Å². The van der Waals surface area contributed by atoms with Gasteiger partial charge in [0.05, 0.1) is 19.1 Å². The Bertz CT molecular complexity index is 1330. The lowest BCUT2D eigenvalue weighted by atomic mass is 10.3. The quantitative estimate of drug-likeness (QED) is 0.389. The van der Waals surface area contributed by atoms with Crippen LogP contribution in [0, 0.1) is 0 Å². The molecule has 5 rings (SSSR count). The maximum Gasteiger partial charge on any atom is 0.299 e. The summed E-state index contributed by atoms with van der Waals surface area (Å²) in [6, 6.07) is 14.1. The van der Waals surface area contributed by atoms with Crippen LogP contribution in [0.15, 0.2) is 69.4 Å². The van der Waals surface area contributed by atoms with Gasteiger partial charge >= 0.3 is 0 Å². The molecule has 0 saturated carbocycles. The van der Waals surface area contributed by atoms with Gasteiger partial charge in [0.1, 0.15) is 10.8 Å². The summed E-state index contributed by atoms with van der Waals surface area (Å²) in [5.41, 5.74) is 0.992. The Hall–Kier alpha value is -3.80. The number of methoxy groups -OCH3 is 1. The van der Waals surface area contributed by atoms with Gasteiger partial charge in [-0.1, -0.05) is 0 Å². The maximum atomic E-state index is 13.2. The molecule has 0 aliphatic rings. The molecule has 0 fully saturated rings. The molecule has 0 spiro atoms. The third kappa shape index (κ3) is 3.50. The van der Waals surface area contributed by atoms with E-state index in [4.69, 9.17) is 9.15 Å². The molecular weight excluding hydrogens is 428 g/mol. The molecule has 0 radical (unpaired) electrons. The van der Waals surface area contributed by atoms with Crippen LogP contribution in [0.25, 0.3) is 22.9 Å². The van der Waals surface area contributed by atoms with Crippen molar-refractivity contribution >= 4 is 17.4 Å². The van der Waals surface area contributed by atoms with Crippen molar-refractivity contribution in [3.63, 3.8) is 0 Å². The summed E-state index contributed by atoms with van der Waals surface area (Å²) < 4.78 is 39.9. The highest BCUT2D eigenvalue weighted by Gasteiger charge is 2.21.